The Hall–Kier alpha value is -4.46. The van der Waals surface area contributed by atoms with Crippen LogP contribution in [0.5, 0.6) is 17.2 Å². The number of H-pyrrole nitrogens is 1. The van der Waals surface area contributed by atoms with Crippen LogP contribution in [0.1, 0.15) is 17.1 Å². The Morgan fingerprint density at radius 3 is 2.36 bits per heavy atom. The van der Waals surface area contributed by atoms with Gasteiger partial charge in [0.2, 0.25) is 5.82 Å². The molecule has 3 aromatic carbocycles. The van der Waals surface area contributed by atoms with Gasteiger partial charge in [-0.1, -0.05) is 53.7 Å². The normalized spacial score (nSPS) is 10.8. The van der Waals surface area contributed by atoms with Crippen LogP contribution in [0.15, 0.2) is 84.9 Å². The molecule has 0 aliphatic carbocycles. The number of ether oxygens (including phenoxy) is 3. The van der Waals surface area contributed by atoms with Crippen molar-refractivity contribution < 1.29 is 14.2 Å². The van der Waals surface area contributed by atoms with Gasteiger partial charge in [-0.2, -0.15) is 5.21 Å². The molecule has 8 nitrogen and oxygen atoms in total. The van der Waals surface area contributed by atoms with Crippen molar-refractivity contribution >= 4 is 10.9 Å². The third-order valence-electron chi connectivity index (χ3n) is 4.93. The van der Waals surface area contributed by atoms with E-state index in [0.29, 0.717) is 36.3 Å². The van der Waals surface area contributed by atoms with E-state index >= 15 is 0 Å². The molecular formula is C25H21N5O3. The van der Waals surface area contributed by atoms with Crippen LogP contribution >= 0.6 is 0 Å². The van der Waals surface area contributed by atoms with Crippen molar-refractivity contribution in [3.8, 4) is 17.2 Å². The summed E-state index contributed by atoms with van der Waals surface area (Å²) in [5.74, 6) is 2.52. The molecule has 0 aliphatic heterocycles. The highest BCUT2D eigenvalue weighted by Gasteiger charge is 2.07. The number of nitrogens with zero attached hydrogens (tertiary/aromatic N) is 4. The molecule has 5 rings (SSSR count). The number of tetrazole rings is 1. The van der Waals surface area contributed by atoms with E-state index in [0.717, 1.165) is 22.2 Å². The Kier molecular flexibility index (Phi) is 6.06. The number of fused-ring (bicyclic) bond motifs is 1. The van der Waals surface area contributed by atoms with Crippen LogP contribution in [0.25, 0.3) is 10.9 Å². The van der Waals surface area contributed by atoms with Crippen molar-refractivity contribution in [2.45, 2.75) is 19.8 Å². The smallest absolute Gasteiger partial charge is 0.211 e. The number of benzene rings is 3. The second-order valence-electron chi connectivity index (χ2n) is 7.28. The Labute approximate surface area is 190 Å². The van der Waals surface area contributed by atoms with E-state index in [9.17, 15) is 0 Å². The predicted octanol–water partition coefficient (Wildman–Crippen LogP) is 4.48. The van der Waals surface area contributed by atoms with Gasteiger partial charge in [0.15, 0.2) is 18.1 Å². The lowest BCUT2D eigenvalue weighted by atomic mass is 10.2. The lowest BCUT2D eigenvalue weighted by Gasteiger charge is -2.13. The topological polar surface area (TPSA) is 95.0 Å². The zero-order chi connectivity index (χ0) is 22.3. The van der Waals surface area contributed by atoms with Crippen molar-refractivity contribution in [1.29, 1.82) is 0 Å². The first kappa shape index (κ1) is 20.4. The van der Waals surface area contributed by atoms with Gasteiger partial charge in [0.05, 0.1) is 11.2 Å². The van der Waals surface area contributed by atoms with Gasteiger partial charge in [-0.25, -0.2) is 4.98 Å². The van der Waals surface area contributed by atoms with E-state index in [1.165, 1.54) is 0 Å². The molecule has 0 saturated heterocycles. The minimum Gasteiger partial charge on any atom is -0.485 e. The summed E-state index contributed by atoms with van der Waals surface area (Å²) >= 11 is 0. The zero-order valence-corrected chi connectivity index (χ0v) is 17.7. The SMILES string of the molecule is c1cc(COc2ccccc2OCc2ccc3ccccc3n2)cc(OCc2nn[nH]n2)c1. The number of hydrogen-bond donors (Lipinski definition) is 1. The molecule has 0 amide bonds. The van der Waals surface area contributed by atoms with Crippen molar-refractivity contribution in [3.05, 3.63) is 102 Å². The molecule has 0 unspecified atom stereocenters. The van der Waals surface area contributed by atoms with E-state index in [1.54, 1.807) is 0 Å². The third-order valence-corrected chi connectivity index (χ3v) is 4.93. The Balaban J connectivity index is 1.21. The van der Waals surface area contributed by atoms with Crippen LogP contribution in [-0.4, -0.2) is 25.6 Å². The summed E-state index contributed by atoms with van der Waals surface area (Å²) < 4.78 is 17.8. The monoisotopic (exact) mass is 439 g/mol. The molecule has 0 fully saturated rings. The molecule has 0 bridgehead atoms. The highest BCUT2D eigenvalue weighted by Crippen LogP contribution is 2.28. The molecule has 164 valence electrons. The lowest BCUT2D eigenvalue weighted by molar-refractivity contribution is 0.253. The van der Waals surface area contributed by atoms with E-state index in [4.69, 9.17) is 14.2 Å². The summed E-state index contributed by atoms with van der Waals surface area (Å²) in [6.45, 7) is 0.957. The van der Waals surface area contributed by atoms with E-state index in [1.807, 2.05) is 78.9 Å². The maximum atomic E-state index is 6.05. The summed E-state index contributed by atoms with van der Waals surface area (Å²) in [6.07, 6.45) is 0. The lowest BCUT2D eigenvalue weighted by Crippen LogP contribution is -2.02. The van der Waals surface area contributed by atoms with Gasteiger partial charge in [0.1, 0.15) is 19.0 Å². The maximum Gasteiger partial charge on any atom is 0.211 e. The van der Waals surface area contributed by atoms with Crippen LogP contribution in [0.2, 0.25) is 0 Å². The Morgan fingerprint density at radius 1 is 0.697 bits per heavy atom. The molecule has 1 N–H and O–H groups in total. The molecule has 8 heteroatoms. The third kappa shape index (κ3) is 5.24. The number of pyridine rings is 1. The number of hydrogen-bond acceptors (Lipinski definition) is 7. The fourth-order valence-corrected chi connectivity index (χ4v) is 3.31. The number of aromatic amines is 1. The molecule has 33 heavy (non-hydrogen) atoms. The highest BCUT2D eigenvalue weighted by atomic mass is 16.5. The van der Waals surface area contributed by atoms with Gasteiger partial charge in [-0.05, 0) is 42.0 Å². The van der Waals surface area contributed by atoms with E-state index < -0.39 is 0 Å². The second-order valence-corrected chi connectivity index (χ2v) is 7.28. The minimum atomic E-state index is 0.236. The Morgan fingerprint density at radius 2 is 1.52 bits per heavy atom. The van der Waals surface area contributed by atoms with Gasteiger partial charge >= 0.3 is 0 Å². The second kappa shape index (κ2) is 9.78. The average molecular weight is 439 g/mol. The minimum absolute atomic E-state index is 0.236. The quantitative estimate of drug-likeness (QED) is 0.362. The zero-order valence-electron chi connectivity index (χ0n) is 17.7. The van der Waals surface area contributed by atoms with E-state index in [-0.39, 0.29) is 6.61 Å². The average Bonchev–Trinajstić information content (AvgIpc) is 3.39. The van der Waals surface area contributed by atoms with Crippen LogP contribution in [0.4, 0.5) is 0 Å². The molecule has 0 aliphatic rings. The van der Waals surface area contributed by atoms with Crippen molar-refractivity contribution in [1.82, 2.24) is 25.6 Å². The molecule has 5 aromatic rings. The maximum absolute atomic E-state index is 6.05. The number of rotatable bonds is 9. The van der Waals surface area contributed by atoms with Crippen LogP contribution < -0.4 is 14.2 Å². The summed E-state index contributed by atoms with van der Waals surface area (Å²) in [4.78, 5) is 4.66. The van der Waals surface area contributed by atoms with Crippen LogP contribution in [0.3, 0.4) is 0 Å². The Bertz CT molecular complexity index is 1340. The molecule has 2 heterocycles. The van der Waals surface area contributed by atoms with E-state index in [2.05, 4.69) is 31.7 Å². The first-order valence-electron chi connectivity index (χ1n) is 10.5. The van der Waals surface area contributed by atoms with Gasteiger partial charge in [0, 0.05) is 5.39 Å². The number of para-hydroxylation sites is 3. The summed E-state index contributed by atoms with van der Waals surface area (Å²) in [7, 11) is 0. The summed E-state index contributed by atoms with van der Waals surface area (Å²) in [5.41, 5.74) is 2.77. The van der Waals surface area contributed by atoms with Crippen molar-refractivity contribution in [2.75, 3.05) is 0 Å². The van der Waals surface area contributed by atoms with Crippen LogP contribution in [-0.2, 0) is 19.8 Å². The molecule has 0 spiro atoms. The molecule has 0 atom stereocenters. The summed E-state index contributed by atoms with van der Waals surface area (Å²) in [6, 6.07) is 27.4. The van der Waals surface area contributed by atoms with Gasteiger partial charge in [0.25, 0.3) is 0 Å². The first-order chi connectivity index (χ1) is 16.3. The van der Waals surface area contributed by atoms with Crippen molar-refractivity contribution in [3.63, 3.8) is 0 Å². The fourth-order valence-electron chi connectivity index (χ4n) is 3.31. The molecule has 0 saturated carbocycles. The standard InChI is InChI=1S/C25H21N5O3/c1-2-9-22-19(7-1)12-13-20(26-22)16-33-24-11-4-3-10-23(24)32-15-18-6-5-8-21(14-18)31-17-25-27-29-30-28-25/h1-14H,15-17H2,(H,27,28,29,30). The van der Waals surface area contributed by atoms with Crippen LogP contribution in [0, 0.1) is 0 Å². The van der Waals surface area contributed by atoms with Gasteiger partial charge < -0.3 is 14.2 Å². The number of aromatic nitrogens is 5. The van der Waals surface area contributed by atoms with Crippen molar-refractivity contribution in [2.24, 2.45) is 0 Å². The molecule has 0 radical (unpaired) electrons. The van der Waals surface area contributed by atoms with Gasteiger partial charge in [-0.3, -0.25) is 0 Å². The summed E-state index contributed by atoms with van der Waals surface area (Å²) in [5, 5.41) is 14.8. The number of nitrogens with one attached hydrogen (secondary N) is 1. The molecular weight excluding hydrogens is 418 g/mol. The highest BCUT2D eigenvalue weighted by molar-refractivity contribution is 5.78. The molecule has 2 aromatic heterocycles. The first-order valence-corrected chi connectivity index (χ1v) is 10.5. The van der Waals surface area contributed by atoms with Gasteiger partial charge in [-0.15, -0.1) is 10.2 Å². The fraction of sp³-hybridized carbons (Fsp3) is 0.120. The largest absolute Gasteiger partial charge is 0.485 e. The predicted molar refractivity (Wildman–Crippen MR) is 122 cm³/mol.